The number of anilines is 1. The largest absolute Gasteiger partial charge is 0.438 e. The molecule has 122 valence electrons. The highest BCUT2D eigenvalue weighted by Crippen LogP contribution is 2.21. The summed E-state index contributed by atoms with van der Waals surface area (Å²) < 4.78 is 5.56. The fourth-order valence-electron chi connectivity index (χ4n) is 1.79. The summed E-state index contributed by atoms with van der Waals surface area (Å²) in [6.45, 7) is 4.08. The van der Waals surface area contributed by atoms with E-state index < -0.39 is 0 Å². The van der Waals surface area contributed by atoms with Crippen molar-refractivity contribution in [2.75, 3.05) is 11.1 Å². The lowest BCUT2D eigenvalue weighted by Crippen LogP contribution is -2.22. The molecule has 0 bridgehead atoms. The van der Waals surface area contributed by atoms with Crippen molar-refractivity contribution in [2.24, 2.45) is 0 Å². The highest BCUT2D eigenvalue weighted by molar-refractivity contribution is 8.00. The van der Waals surface area contributed by atoms with E-state index in [1.165, 1.54) is 0 Å². The average Bonchev–Trinajstić information content (AvgIpc) is 2.57. The van der Waals surface area contributed by atoms with Gasteiger partial charge in [-0.15, -0.1) is 11.8 Å². The predicted octanol–water partition coefficient (Wildman–Crippen LogP) is 4.13. The van der Waals surface area contributed by atoms with Gasteiger partial charge in [0, 0.05) is 18.1 Å². The highest BCUT2D eigenvalue weighted by Gasteiger charge is 2.13. The fraction of sp³-hybridized carbons (Fsp3) is 0.353. The van der Waals surface area contributed by atoms with Gasteiger partial charge in [0.15, 0.2) is 0 Å². The number of amides is 1. The van der Waals surface area contributed by atoms with E-state index in [9.17, 15) is 4.79 Å². The summed E-state index contributed by atoms with van der Waals surface area (Å²) in [4.78, 5) is 20.1. The quantitative estimate of drug-likeness (QED) is 0.737. The van der Waals surface area contributed by atoms with Crippen LogP contribution in [0.25, 0.3) is 0 Å². The SMILES string of the molecule is CCCCS[C@H](C)C(=O)Nc1ccc(Oc2cnccn2)cc1. The van der Waals surface area contributed by atoms with Crippen LogP contribution in [0.4, 0.5) is 5.69 Å². The molecule has 0 unspecified atom stereocenters. The molecule has 0 fully saturated rings. The molecule has 2 aromatic rings. The van der Waals surface area contributed by atoms with Gasteiger partial charge in [-0.3, -0.25) is 9.78 Å². The topological polar surface area (TPSA) is 64.1 Å². The third-order valence-electron chi connectivity index (χ3n) is 3.12. The van der Waals surface area contributed by atoms with Crippen LogP contribution in [0.5, 0.6) is 11.6 Å². The van der Waals surface area contributed by atoms with Gasteiger partial charge in [-0.05, 0) is 43.4 Å². The standard InChI is InChI=1S/C17H21N3O2S/c1-3-4-11-23-13(2)17(21)20-14-5-7-15(8-6-14)22-16-12-18-9-10-19-16/h5-10,12-13H,3-4,11H2,1-2H3,(H,20,21)/t13-/m1/s1. The number of nitrogens with zero attached hydrogens (tertiary/aromatic N) is 2. The summed E-state index contributed by atoms with van der Waals surface area (Å²) in [5, 5.41) is 2.86. The van der Waals surface area contributed by atoms with Crippen molar-refractivity contribution in [3.05, 3.63) is 42.9 Å². The molecule has 0 saturated heterocycles. The number of ether oxygens (including phenoxy) is 1. The van der Waals surface area contributed by atoms with E-state index in [0.717, 1.165) is 24.3 Å². The Labute approximate surface area is 140 Å². The van der Waals surface area contributed by atoms with E-state index in [0.29, 0.717) is 11.6 Å². The number of hydrogen-bond donors (Lipinski definition) is 1. The lowest BCUT2D eigenvalue weighted by molar-refractivity contribution is -0.115. The van der Waals surface area contributed by atoms with Crippen LogP contribution in [0.3, 0.4) is 0 Å². The Morgan fingerprint density at radius 1 is 1.30 bits per heavy atom. The van der Waals surface area contributed by atoms with Gasteiger partial charge in [0.2, 0.25) is 11.8 Å². The number of unbranched alkanes of at least 4 members (excludes halogenated alkanes) is 1. The molecule has 1 heterocycles. The number of carbonyl (C=O) groups excluding carboxylic acids is 1. The normalized spacial score (nSPS) is 11.7. The summed E-state index contributed by atoms with van der Waals surface area (Å²) in [7, 11) is 0. The molecule has 0 radical (unpaired) electrons. The second-order valence-corrected chi connectivity index (χ2v) is 6.47. The van der Waals surface area contributed by atoms with E-state index in [-0.39, 0.29) is 11.2 Å². The fourth-order valence-corrected chi connectivity index (χ4v) is 2.81. The maximum absolute atomic E-state index is 12.1. The Hall–Kier alpha value is -2.08. The minimum absolute atomic E-state index is 0.0219. The maximum atomic E-state index is 12.1. The first-order valence-electron chi connectivity index (χ1n) is 7.65. The van der Waals surface area contributed by atoms with Crippen LogP contribution in [0.15, 0.2) is 42.9 Å². The number of hydrogen-bond acceptors (Lipinski definition) is 5. The van der Waals surface area contributed by atoms with E-state index in [2.05, 4.69) is 22.2 Å². The van der Waals surface area contributed by atoms with Crippen molar-refractivity contribution in [3.8, 4) is 11.6 Å². The summed E-state index contributed by atoms with van der Waals surface area (Å²) in [6.07, 6.45) is 6.99. The van der Waals surface area contributed by atoms with Crippen molar-refractivity contribution in [1.29, 1.82) is 0 Å². The number of rotatable bonds is 8. The van der Waals surface area contributed by atoms with Crippen LogP contribution >= 0.6 is 11.8 Å². The summed E-state index contributed by atoms with van der Waals surface area (Å²) in [5.74, 6) is 2.11. The molecule has 1 N–H and O–H groups in total. The molecule has 1 amide bonds. The Morgan fingerprint density at radius 2 is 2.09 bits per heavy atom. The first kappa shape index (κ1) is 17.3. The molecule has 0 aliphatic rings. The zero-order valence-corrected chi connectivity index (χ0v) is 14.2. The molecule has 1 aromatic heterocycles. The Morgan fingerprint density at radius 3 is 2.74 bits per heavy atom. The van der Waals surface area contributed by atoms with Gasteiger partial charge in [-0.25, -0.2) is 4.98 Å². The minimum atomic E-state index is -0.0583. The Balaban J connectivity index is 1.86. The number of nitrogens with one attached hydrogen (secondary N) is 1. The molecule has 0 aliphatic carbocycles. The average molecular weight is 331 g/mol. The maximum Gasteiger partial charge on any atom is 0.237 e. The number of carbonyl (C=O) groups is 1. The number of thioether (sulfide) groups is 1. The van der Waals surface area contributed by atoms with Crippen LogP contribution in [0.2, 0.25) is 0 Å². The van der Waals surface area contributed by atoms with Crippen LogP contribution < -0.4 is 10.1 Å². The van der Waals surface area contributed by atoms with Crippen molar-refractivity contribution < 1.29 is 9.53 Å². The monoisotopic (exact) mass is 331 g/mol. The first-order chi connectivity index (χ1) is 11.2. The van der Waals surface area contributed by atoms with Gasteiger partial charge in [0.1, 0.15) is 5.75 Å². The molecule has 0 saturated carbocycles. The van der Waals surface area contributed by atoms with E-state index in [4.69, 9.17) is 4.74 Å². The summed E-state index contributed by atoms with van der Waals surface area (Å²) >= 11 is 1.68. The molecule has 0 spiro atoms. The van der Waals surface area contributed by atoms with Gasteiger partial charge in [0.05, 0.1) is 11.4 Å². The van der Waals surface area contributed by atoms with Crippen molar-refractivity contribution in [3.63, 3.8) is 0 Å². The van der Waals surface area contributed by atoms with Crippen LogP contribution in [-0.2, 0) is 4.79 Å². The van der Waals surface area contributed by atoms with Crippen LogP contribution in [0.1, 0.15) is 26.7 Å². The molecular weight excluding hydrogens is 310 g/mol. The van der Waals surface area contributed by atoms with Crippen molar-refractivity contribution in [1.82, 2.24) is 9.97 Å². The zero-order valence-electron chi connectivity index (χ0n) is 13.4. The van der Waals surface area contributed by atoms with Gasteiger partial charge in [-0.2, -0.15) is 0 Å². The molecule has 1 atom stereocenters. The molecule has 2 rings (SSSR count). The molecule has 0 aliphatic heterocycles. The van der Waals surface area contributed by atoms with Crippen LogP contribution in [0, 0.1) is 0 Å². The van der Waals surface area contributed by atoms with E-state index in [1.807, 2.05) is 19.1 Å². The lowest BCUT2D eigenvalue weighted by atomic mass is 10.3. The second kappa shape index (κ2) is 9.15. The molecule has 23 heavy (non-hydrogen) atoms. The van der Waals surface area contributed by atoms with Crippen LogP contribution in [-0.4, -0.2) is 26.9 Å². The molecule has 5 nitrogen and oxygen atoms in total. The van der Waals surface area contributed by atoms with E-state index in [1.54, 1.807) is 42.5 Å². The molecule has 1 aromatic carbocycles. The zero-order chi connectivity index (χ0) is 16.5. The third kappa shape index (κ3) is 5.90. The number of aromatic nitrogens is 2. The number of benzene rings is 1. The van der Waals surface area contributed by atoms with Gasteiger partial charge < -0.3 is 10.1 Å². The van der Waals surface area contributed by atoms with Gasteiger partial charge in [-0.1, -0.05) is 13.3 Å². The van der Waals surface area contributed by atoms with Crippen molar-refractivity contribution in [2.45, 2.75) is 31.9 Å². The van der Waals surface area contributed by atoms with Crippen molar-refractivity contribution >= 4 is 23.4 Å². The molecular formula is C17H21N3O2S. The molecule has 6 heteroatoms. The van der Waals surface area contributed by atoms with Gasteiger partial charge >= 0.3 is 0 Å². The lowest BCUT2D eigenvalue weighted by Gasteiger charge is -2.12. The predicted molar refractivity (Wildman–Crippen MR) is 94.0 cm³/mol. The Kier molecular flexibility index (Phi) is 6.87. The summed E-state index contributed by atoms with van der Waals surface area (Å²) in [6, 6.07) is 7.21. The second-order valence-electron chi connectivity index (χ2n) is 5.03. The van der Waals surface area contributed by atoms with E-state index >= 15 is 0 Å². The Bertz CT molecular complexity index is 605. The first-order valence-corrected chi connectivity index (χ1v) is 8.70. The minimum Gasteiger partial charge on any atom is -0.438 e. The van der Waals surface area contributed by atoms with Gasteiger partial charge in [0.25, 0.3) is 0 Å². The smallest absolute Gasteiger partial charge is 0.237 e. The highest BCUT2D eigenvalue weighted by atomic mass is 32.2. The summed E-state index contributed by atoms with van der Waals surface area (Å²) in [5.41, 5.74) is 0.754. The third-order valence-corrected chi connectivity index (χ3v) is 4.36.